The van der Waals surface area contributed by atoms with Crippen molar-refractivity contribution in [1.82, 2.24) is 0 Å². The Kier molecular flexibility index (Phi) is 16.0. The van der Waals surface area contributed by atoms with E-state index in [0.717, 1.165) is 38.5 Å². The molecule has 0 saturated carbocycles. The lowest BCUT2D eigenvalue weighted by molar-refractivity contribution is -0.137. The highest BCUT2D eigenvalue weighted by molar-refractivity contribution is 5.66. The molecule has 0 aliphatic heterocycles. The lowest BCUT2D eigenvalue weighted by atomic mass is 10.1. The van der Waals surface area contributed by atoms with Crippen molar-refractivity contribution in [2.24, 2.45) is 0 Å². The van der Waals surface area contributed by atoms with E-state index >= 15 is 0 Å². The summed E-state index contributed by atoms with van der Waals surface area (Å²) in [5, 5.41) is 18.3. The van der Waals surface area contributed by atoms with Crippen LogP contribution in [0.3, 0.4) is 0 Å². The molecule has 2 N–H and O–H groups in total. The van der Waals surface area contributed by atoms with E-state index in [1.54, 1.807) is 0 Å². The quantitative estimate of drug-likeness (QED) is 0.241. The molecule has 3 nitrogen and oxygen atoms in total. The number of allylic oxidation sites excluding steroid dienone is 4. The van der Waals surface area contributed by atoms with Crippen molar-refractivity contribution >= 4 is 5.97 Å². The summed E-state index contributed by atoms with van der Waals surface area (Å²) in [4.78, 5) is 10.3. The summed E-state index contributed by atoms with van der Waals surface area (Å²) < 4.78 is 0. The summed E-state index contributed by atoms with van der Waals surface area (Å²) in [6, 6.07) is 0. The summed E-state index contributed by atoms with van der Waals surface area (Å²) >= 11 is 0. The molecule has 0 spiro atoms. The van der Waals surface area contributed by atoms with Crippen LogP contribution in [0.25, 0.3) is 0 Å². The van der Waals surface area contributed by atoms with Crippen LogP contribution in [0.4, 0.5) is 0 Å². The third-order valence-electron chi connectivity index (χ3n) is 3.61. The highest BCUT2D eigenvalue weighted by Crippen LogP contribution is 2.06. The zero-order valence-corrected chi connectivity index (χ0v) is 14.6. The van der Waals surface area contributed by atoms with Crippen LogP contribution >= 0.6 is 0 Å². The Balaban J connectivity index is 3.50. The van der Waals surface area contributed by atoms with E-state index in [-0.39, 0.29) is 6.42 Å². The van der Waals surface area contributed by atoms with Gasteiger partial charge in [0.05, 0.1) is 6.10 Å². The molecule has 0 fully saturated rings. The topological polar surface area (TPSA) is 57.5 Å². The van der Waals surface area contributed by atoms with Gasteiger partial charge in [-0.05, 0) is 38.5 Å². The number of hydrogen-bond donors (Lipinski definition) is 2. The van der Waals surface area contributed by atoms with Crippen LogP contribution in [0.15, 0.2) is 36.5 Å². The molecule has 0 aromatic carbocycles. The highest BCUT2D eigenvalue weighted by Gasteiger charge is 1.95. The fraction of sp³-hybridized carbons (Fsp3) is 0.650. The molecule has 0 aliphatic rings. The fourth-order valence-electron chi connectivity index (χ4n) is 2.20. The molecule has 0 aromatic rings. The first-order chi connectivity index (χ1) is 11.2. The maximum absolute atomic E-state index is 10.3. The van der Waals surface area contributed by atoms with Crippen LogP contribution in [0.5, 0.6) is 0 Å². The number of carboxylic acids is 1. The summed E-state index contributed by atoms with van der Waals surface area (Å²) in [6.07, 6.45) is 22.4. The average Bonchev–Trinajstić information content (AvgIpc) is 2.52. The molecule has 0 radical (unpaired) electrons. The minimum Gasteiger partial charge on any atom is -0.481 e. The molecule has 132 valence electrons. The lowest BCUT2D eigenvalue weighted by Gasteiger charge is -1.99. The van der Waals surface area contributed by atoms with Crippen LogP contribution in [-0.4, -0.2) is 22.3 Å². The summed E-state index contributed by atoms with van der Waals surface area (Å²) in [5.41, 5.74) is 0. The van der Waals surface area contributed by atoms with Gasteiger partial charge in [-0.1, -0.05) is 69.1 Å². The molecule has 3 heteroatoms. The van der Waals surface area contributed by atoms with Gasteiger partial charge in [0.1, 0.15) is 0 Å². The first-order valence-corrected chi connectivity index (χ1v) is 9.05. The van der Waals surface area contributed by atoms with Crippen molar-refractivity contribution in [2.75, 3.05) is 0 Å². The Morgan fingerprint density at radius 2 is 1.61 bits per heavy atom. The lowest BCUT2D eigenvalue weighted by Crippen LogP contribution is -1.98. The molecule has 1 atom stereocenters. The molecule has 0 rings (SSSR count). The predicted molar refractivity (Wildman–Crippen MR) is 97.5 cm³/mol. The van der Waals surface area contributed by atoms with Gasteiger partial charge in [-0.15, -0.1) is 0 Å². The predicted octanol–water partition coefficient (Wildman–Crippen LogP) is 5.41. The second-order valence-corrected chi connectivity index (χ2v) is 5.93. The van der Waals surface area contributed by atoms with Gasteiger partial charge >= 0.3 is 5.97 Å². The standard InChI is InChI=1S/C20H34O3/c1-2-3-4-5-10-13-16-19(21)17-14-11-8-6-7-9-12-15-18-20(22)23/h8,10-11,13-14,17,19,21H,2-7,9,12,15-16,18H2,1H3,(H,22,23)/t19-/m0/s1. The zero-order valence-electron chi connectivity index (χ0n) is 14.6. The molecule has 0 heterocycles. The number of carbonyl (C=O) groups is 1. The summed E-state index contributed by atoms with van der Waals surface area (Å²) in [6.45, 7) is 2.20. The van der Waals surface area contributed by atoms with Crippen molar-refractivity contribution in [2.45, 2.75) is 83.7 Å². The molecule has 0 amide bonds. The first kappa shape index (κ1) is 21.6. The summed E-state index contributed by atoms with van der Waals surface area (Å²) in [7, 11) is 0. The van der Waals surface area contributed by atoms with Crippen LogP contribution in [0.2, 0.25) is 0 Å². The number of aliphatic carboxylic acids is 1. The minimum atomic E-state index is -0.704. The molecule has 0 saturated heterocycles. The van der Waals surface area contributed by atoms with E-state index in [4.69, 9.17) is 5.11 Å². The number of aliphatic hydroxyl groups excluding tert-OH is 1. The molecular formula is C20H34O3. The Labute approximate surface area is 141 Å². The third-order valence-corrected chi connectivity index (χ3v) is 3.61. The van der Waals surface area contributed by atoms with Gasteiger partial charge in [0, 0.05) is 6.42 Å². The fourth-order valence-corrected chi connectivity index (χ4v) is 2.20. The van der Waals surface area contributed by atoms with Gasteiger partial charge in [0.2, 0.25) is 0 Å². The number of carboxylic acid groups (broad SMARTS) is 1. The van der Waals surface area contributed by atoms with Gasteiger partial charge in [0.15, 0.2) is 0 Å². The molecule has 23 heavy (non-hydrogen) atoms. The van der Waals surface area contributed by atoms with Gasteiger partial charge in [-0.2, -0.15) is 0 Å². The maximum Gasteiger partial charge on any atom is 0.303 e. The summed E-state index contributed by atoms with van der Waals surface area (Å²) in [5.74, 6) is -0.704. The Morgan fingerprint density at radius 3 is 2.35 bits per heavy atom. The van der Waals surface area contributed by atoms with Gasteiger partial charge < -0.3 is 10.2 Å². The van der Waals surface area contributed by atoms with E-state index < -0.39 is 12.1 Å². The molecule has 0 aromatic heterocycles. The monoisotopic (exact) mass is 322 g/mol. The number of unbranched alkanes of at least 4 members (excludes halogenated alkanes) is 7. The van der Waals surface area contributed by atoms with Crippen LogP contribution in [-0.2, 0) is 4.79 Å². The van der Waals surface area contributed by atoms with Gasteiger partial charge in [-0.3, -0.25) is 4.79 Å². The Hall–Kier alpha value is -1.35. The highest BCUT2D eigenvalue weighted by atomic mass is 16.4. The van der Waals surface area contributed by atoms with Gasteiger partial charge in [0.25, 0.3) is 0 Å². The van der Waals surface area contributed by atoms with Crippen LogP contribution in [0, 0.1) is 0 Å². The minimum absolute atomic E-state index is 0.281. The second-order valence-electron chi connectivity index (χ2n) is 5.93. The third kappa shape index (κ3) is 18.6. The van der Waals surface area contributed by atoms with E-state index in [9.17, 15) is 9.90 Å². The van der Waals surface area contributed by atoms with E-state index in [0.29, 0.717) is 6.42 Å². The number of aliphatic hydroxyl groups is 1. The normalized spacial score (nSPS) is 13.5. The van der Waals surface area contributed by atoms with Crippen LogP contribution in [0.1, 0.15) is 77.6 Å². The van der Waals surface area contributed by atoms with Gasteiger partial charge in [-0.25, -0.2) is 0 Å². The molecule has 0 bridgehead atoms. The Morgan fingerprint density at radius 1 is 0.913 bits per heavy atom. The van der Waals surface area contributed by atoms with Crippen molar-refractivity contribution in [3.63, 3.8) is 0 Å². The average molecular weight is 322 g/mol. The molecule has 0 aliphatic carbocycles. The van der Waals surface area contributed by atoms with E-state index in [2.05, 4.69) is 25.2 Å². The molecular weight excluding hydrogens is 288 g/mol. The van der Waals surface area contributed by atoms with E-state index in [1.807, 2.05) is 18.2 Å². The van der Waals surface area contributed by atoms with Crippen molar-refractivity contribution in [3.8, 4) is 0 Å². The maximum atomic E-state index is 10.3. The Bertz CT molecular complexity index is 356. The first-order valence-electron chi connectivity index (χ1n) is 9.05. The molecule has 0 unspecified atom stereocenters. The zero-order chi connectivity index (χ0) is 17.2. The van der Waals surface area contributed by atoms with Crippen molar-refractivity contribution in [3.05, 3.63) is 36.5 Å². The van der Waals surface area contributed by atoms with Crippen LogP contribution < -0.4 is 0 Å². The number of hydrogen-bond acceptors (Lipinski definition) is 2. The second kappa shape index (κ2) is 17.0. The number of rotatable bonds is 15. The van der Waals surface area contributed by atoms with E-state index in [1.165, 1.54) is 19.3 Å². The smallest absolute Gasteiger partial charge is 0.303 e. The largest absolute Gasteiger partial charge is 0.481 e. The van der Waals surface area contributed by atoms with Crippen molar-refractivity contribution in [1.29, 1.82) is 0 Å². The SMILES string of the molecule is CCCCCC=CC[C@H](O)C=CC=CCCCCCCC(=O)O. The van der Waals surface area contributed by atoms with Crippen molar-refractivity contribution < 1.29 is 15.0 Å².